The lowest BCUT2D eigenvalue weighted by Crippen LogP contribution is -2.37. The summed E-state index contributed by atoms with van der Waals surface area (Å²) in [6, 6.07) is 11.1. The predicted octanol–water partition coefficient (Wildman–Crippen LogP) is 2.18. The molecule has 0 aliphatic carbocycles. The molecule has 0 saturated heterocycles. The minimum atomic E-state index is -3.72. The molecule has 0 bridgehead atoms. The largest absolute Gasteiger partial charge is 0.348 e. The molecule has 25 heavy (non-hydrogen) atoms. The van der Waals surface area contributed by atoms with Gasteiger partial charge in [0.05, 0.1) is 10.6 Å². The van der Waals surface area contributed by atoms with Gasteiger partial charge in [-0.05, 0) is 62.2 Å². The van der Waals surface area contributed by atoms with E-state index in [2.05, 4.69) is 10.0 Å². The molecule has 0 unspecified atom stereocenters. The number of amides is 1. The number of hydrogen-bond donors (Lipinski definition) is 3. The minimum absolute atomic E-state index is 0.0943. The van der Waals surface area contributed by atoms with Gasteiger partial charge >= 0.3 is 0 Å². The van der Waals surface area contributed by atoms with Crippen molar-refractivity contribution in [3.63, 3.8) is 0 Å². The summed E-state index contributed by atoms with van der Waals surface area (Å²) in [6.07, 6.45) is 0. The molecule has 6 nitrogen and oxygen atoms in total. The summed E-state index contributed by atoms with van der Waals surface area (Å²) in [6.45, 7) is 5.91. The Morgan fingerprint density at radius 2 is 1.76 bits per heavy atom. The van der Waals surface area contributed by atoms with E-state index in [1.807, 2.05) is 19.9 Å². The first-order chi connectivity index (χ1) is 11.7. The number of anilines is 1. The molecule has 2 aromatic carbocycles. The first-order valence-corrected chi connectivity index (χ1v) is 9.43. The normalized spacial score (nSPS) is 12.5. The molecule has 0 aromatic heterocycles. The first-order valence-electron chi connectivity index (χ1n) is 7.94. The second-order valence-electron chi connectivity index (χ2n) is 5.99. The van der Waals surface area contributed by atoms with Crippen molar-refractivity contribution in [2.24, 2.45) is 5.73 Å². The lowest BCUT2D eigenvalue weighted by molar-refractivity contribution is 0.0941. The summed E-state index contributed by atoms with van der Waals surface area (Å²) in [5, 5.41) is 2.73. The van der Waals surface area contributed by atoms with Crippen molar-refractivity contribution >= 4 is 21.6 Å². The zero-order chi connectivity index (χ0) is 18.6. The minimum Gasteiger partial charge on any atom is -0.348 e. The molecular formula is C18H23N3O3S. The van der Waals surface area contributed by atoms with Gasteiger partial charge in [0.15, 0.2) is 0 Å². The molecule has 0 aliphatic rings. The standard InChI is InChI=1S/C18H23N3O3S/c1-12-5-4-6-17(14(12)3)21-25(23,24)16-9-7-15(8-10-16)18(22)20-13(2)11-19/h4-10,13,21H,11,19H2,1-3H3,(H,20,22)/t13-/m0/s1. The maximum Gasteiger partial charge on any atom is 0.261 e. The lowest BCUT2D eigenvalue weighted by atomic mass is 10.1. The van der Waals surface area contributed by atoms with Crippen LogP contribution < -0.4 is 15.8 Å². The maximum atomic E-state index is 12.5. The average molecular weight is 361 g/mol. The van der Waals surface area contributed by atoms with E-state index < -0.39 is 10.0 Å². The van der Waals surface area contributed by atoms with Crippen molar-refractivity contribution in [2.75, 3.05) is 11.3 Å². The number of benzene rings is 2. The Labute approximate surface area is 148 Å². The fraction of sp³-hybridized carbons (Fsp3) is 0.278. The van der Waals surface area contributed by atoms with Gasteiger partial charge in [-0.15, -0.1) is 0 Å². The Kier molecular flexibility index (Phi) is 5.81. The van der Waals surface area contributed by atoms with Crippen LogP contribution in [0.5, 0.6) is 0 Å². The number of nitrogens with two attached hydrogens (primary N) is 1. The molecule has 7 heteroatoms. The van der Waals surface area contributed by atoms with E-state index in [-0.39, 0.29) is 16.8 Å². The Balaban J connectivity index is 2.20. The number of carbonyl (C=O) groups excluding carboxylic acids is 1. The summed E-state index contributed by atoms with van der Waals surface area (Å²) in [7, 11) is -3.72. The Morgan fingerprint density at radius 1 is 1.12 bits per heavy atom. The van der Waals surface area contributed by atoms with Gasteiger partial charge in [-0.1, -0.05) is 12.1 Å². The summed E-state index contributed by atoms with van der Waals surface area (Å²) in [5.41, 5.74) is 8.27. The zero-order valence-electron chi connectivity index (χ0n) is 14.5. The van der Waals surface area contributed by atoms with Crippen molar-refractivity contribution in [1.29, 1.82) is 0 Å². The van der Waals surface area contributed by atoms with Crippen LogP contribution in [0.1, 0.15) is 28.4 Å². The van der Waals surface area contributed by atoms with Crippen LogP contribution in [0.2, 0.25) is 0 Å². The second kappa shape index (κ2) is 7.67. The molecule has 0 spiro atoms. The summed E-state index contributed by atoms with van der Waals surface area (Å²) in [5.74, 6) is -0.288. The lowest BCUT2D eigenvalue weighted by Gasteiger charge is -2.13. The van der Waals surface area contributed by atoms with E-state index in [9.17, 15) is 13.2 Å². The Hall–Kier alpha value is -2.38. The summed E-state index contributed by atoms with van der Waals surface area (Å²) < 4.78 is 27.7. The van der Waals surface area contributed by atoms with E-state index in [4.69, 9.17) is 5.73 Å². The third-order valence-electron chi connectivity index (χ3n) is 4.01. The molecule has 1 amide bonds. The number of hydrogen-bond acceptors (Lipinski definition) is 4. The molecular weight excluding hydrogens is 338 g/mol. The number of sulfonamides is 1. The van der Waals surface area contributed by atoms with Gasteiger partial charge in [-0.25, -0.2) is 8.42 Å². The number of carbonyl (C=O) groups is 1. The zero-order valence-corrected chi connectivity index (χ0v) is 15.4. The van der Waals surface area contributed by atoms with Gasteiger partial charge < -0.3 is 11.1 Å². The summed E-state index contributed by atoms with van der Waals surface area (Å²) >= 11 is 0. The monoisotopic (exact) mass is 361 g/mol. The van der Waals surface area contributed by atoms with Crippen LogP contribution in [0, 0.1) is 13.8 Å². The molecule has 134 valence electrons. The van der Waals surface area contributed by atoms with Crippen molar-refractivity contribution in [2.45, 2.75) is 31.7 Å². The third-order valence-corrected chi connectivity index (χ3v) is 5.39. The van der Waals surface area contributed by atoms with Crippen molar-refractivity contribution in [3.05, 3.63) is 59.2 Å². The van der Waals surface area contributed by atoms with Gasteiger partial charge in [0.1, 0.15) is 0 Å². The van der Waals surface area contributed by atoms with Crippen LogP contribution in [0.15, 0.2) is 47.4 Å². The third kappa shape index (κ3) is 4.58. The maximum absolute atomic E-state index is 12.5. The summed E-state index contributed by atoms with van der Waals surface area (Å²) in [4.78, 5) is 12.1. The van der Waals surface area contributed by atoms with Crippen LogP contribution in [-0.2, 0) is 10.0 Å². The number of rotatable bonds is 6. The smallest absolute Gasteiger partial charge is 0.261 e. The Bertz CT molecular complexity index is 862. The van der Waals surface area contributed by atoms with Gasteiger partial charge in [-0.2, -0.15) is 0 Å². The van der Waals surface area contributed by atoms with Crippen LogP contribution in [-0.4, -0.2) is 26.9 Å². The van der Waals surface area contributed by atoms with Crippen molar-refractivity contribution in [3.8, 4) is 0 Å². The highest BCUT2D eigenvalue weighted by molar-refractivity contribution is 7.92. The Morgan fingerprint density at radius 3 is 2.36 bits per heavy atom. The van der Waals surface area contributed by atoms with Gasteiger partial charge in [0.25, 0.3) is 15.9 Å². The van der Waals surface area contributed by atoms with E-state index in [1.165, 1.54) is 24.3 Å². The molecule has 2 rings (SSSR count). The molecule has 0 heterocycles. The second-order valence-corrected chi connectivity index (χ2v) is 7.67. The highest BCUT2D eigenvalue weighted by Crippen LogP contribution is 2.22. The van der Waals surface area contributed by atoms with Crippen LogP contribution in [0.3, 0.4) is 0 Å². The van der Waals surface area contributed by atoms with Crippen LogP contribution in [0.4, 0.5) is 5.69 Å². The number of nitrogens with one attached hydrogen (secondary N) is 2. The van der Waals surface area contributed by atoms with E-state index in [1.54, 1.807) is 19.1 Å². The highest BCUT2D eigenvalue weighted by Gasteiger charge is 2.17. The van der Waals surface area contributed by atoms with Crippen LogP contribution in [0.25, 0.3) is 0 Å². The fourth-order valence-electron chi connectivity index (χ4n) is 2.22. The fourth-order valence-corrected chi connectivity index (χ4v) is 3.34. The highest BCUT2D eigenvalue weighted by atomic mass is 32.2. The molecule has 0 aliphatic heterocycles. The molecule has 2 aromatic rings. The van der Waals surface area contributed by atoms with Gasteiger partial charge in [-0.3, -0.25) is 9.52 Å². The topological polar surface area (TPSA) is 101 Å². The van der Waals surface area contributed by atoms with E-state index in [0.717, 1.165) is 11.1 Å². The average Bonchev–Trinajstić information content (AvgIpc) is 2.58. The number of aryl methyl sites for hydroxylation is 1. The van der Waals surface area contributed by atoms with Crippen molar-refractivity contribution in [1.82, 2.24) is 5.32 Å². The predicted molar refractivity (Wildman–Crippen MR) is 99.1 cm³/mol. The molecule has 0 fully saturated rings. The SMILES string of the molecule is Cc1cccc(NS(=O)(=O)c2ccc(C(=O)N[C@@H](C)CN)cc2)c1C. The molecule has 1 atom stereocenters. The first kappa shape index (κ1) is 19.0. The van der Waals surface area contributed by atoms with E-state index in [0.29, 0.717) is 17.8 Å². The molecule has 0 saturated carbocycles. The van der Waals surface area contributed by atoms with Gasteiger partial charge in [0.2, 0.25) is 0 Å². The van der Waals surface area contributed by atoms with E-state index >= 15 is 0 Å². The van der Waals surface area contributed by atoms with Crippen LogP contribution >= 0.6 is 0 Å². The molecule has 0 radical (unpaired) electrons. The quantitative estimate of drug-likeness (QED) is 0.734. The molecule has 4 N–H and O–H groups in total. The van der Waals surface area contributed by atoms with Gasteiger partial charge in [0, 0.05) is 18.2 Å². The van der Waals surface area contributed by atoms with Crippen molar-refractivity contribution < 1.29 is 13.2 Å².